The summed E-state index contributed by atoms with van der Waals surface area (Å²) in [5, 5.41) is 7.18. The van der Waals surface area contributed by atoms with Gasteiger partial charge in [0.05, 0.1) is 19.8 Å². The molecule has 1 aromatic rings. The van der Waals surface area contributed by atoms with E-state index in [9.17, 15) is 0 Å². The Hall–Kier alpha value is -1.95. The van der Waals surface area contributed by atoms with Gasteiger partial charge in [-0.3, -0.25) is 4.99 Å². The first-order valence-corrected chi connectivity index (χ1v) is 10.2. The van der Waals surface area contributed by atoms with Crippen molar-refractivity contribution < 1.29 is 14.2 Å². The Bertz CT molecular complexity index is 702. The fourth-order valence-electron chi connectivity index (χ4n) is 5.04. The lowest BCUT2D eigenvalue weighted by Crippen LogP contribution is -2.72. The monoisotopic (exact) mass is 373 g/mol. The predicted molar refractivity (Wildman–Crippen MR) is 107 cm³/mol. The van der Waals surface area contributed by atoms with E-state index in [0.717, 1.165) is 42.7 Å². The minimum atomic E-state index is 0.327. The van der Waals surface area contributed by atoms with Crippen LogP contribution in [0.3, 0.4) is 0 Å². The van der Waals surface area contributed by atoms with Gasteiger partial charge in [-0.15, -0.1) is 0 Å². The van der Waals surface area contributed by atoms with E-state index < -0.39 is 0 Å². The summed E-state index contributed by atoms with van der Waals surface area (Å²) in [7, 11) is 1.66. The summed E-state index contributed by atoms with van der Waals surface area (Å²) in [6.07, 6.45) is 5.45. The van der Waals surface area contributed by atoms with Crippen LogP contribution < -0.4 is 20.1 Å². The molecule has 1 aromatic carbocycles. The third kappa shape index (κ3) is 3.14. The molecule has 0 radical (unpaired) electrons. The van der Waals surface area contributed by atoms with Crippen LogP contribution in [0.5, 0.6) is 11.5 Å². The molecule has 1 heterocycles. The molecule has 0 aromatic heterocycles. The predicted octanol–water partition coefficient (Wildman–Crippen LogP) is 3.43. The summed E-state index contributed by atoms with van der Waals surface area (Å²) in [5.41, 5.74) is 1.27. The molecule has 3 aliphatic rings. The Balaban J connectivity index is 1.48. The molecule has 1 saturated heterocycles. The van der Waals surface area contributed by atoms with Crippen molar-refractivity contribution in [3.8, 4) is 11.5 Å². The Morgan fingerprint density at radius 3 is 2.81 bits per heavy atom. The smallest absolute Gasteiger partial charge is 0.196 e. The number of guanidine groups is 1. The van der Waals surface area contributed by atoms with Gasteiger partial charge in [0.15, 0.2) is 17.5 Å². The van der Waals surface area contributed by atoms with Gasteiger partial charge in [-0.2, -0.15) is 0 Å². The van der Waals surface area contributed by atoms with Crippen LogP contribution in [-0.4, -0.2) is 45.0 Å². The topological polar surface area (TPSA) is 64.1 Å². The summed E-state index contributed by atoms with van der Waals surface area (Å²) in [4.78, 5) is 4.68. The highest BCUT2D eigenvalue weighted by atomic mass is 16.5. The van der Waals surface area contributed by atoms with Crippen molar-refractivity contribution in [1.29, 1.82) is 0 Å². The van der Waals surface area contributed by atoms with Gasteiger partial charge in [-0.05, 0) is 45.2 Å². The molecule has 2 aliphatic carbocycles. The normalized spacial score (nSPS) is 28.1. The molecule has 3 atom stereocenters. The molecule has 148 valence electrons. The largest absolute Gasteiger partial charge is 0.493 e. The lowest BCUT2D eigenvalue weighted by atomic mass is 9.46. The zero-order valence-corrected chi connectivity index (χ0v) is 16.6. The molecule has 3 unspecified atom stereocenters. The standard InChI is InChI=1S/C21H31N3O3/c1-4-22-20(23-14-7-8-16(26-5-2)17(13-14)25-3)24-18-15-9-12-27-19(15)21(18)10-6-11-21/h7-8,13,15,18-19H,4-6,9-12H2,1-3H3,(H2,22,23,24). The maximum Gasteiger partial charge on any atom is 0.196 e. The summed E-state index contributed by atoms with van der Waals surface area (Å²) in [6, 6.07) is 6.36. The number of anilines is 1. The second kappa shape index (κ2) is 7.58. The SMILES string of the molecule is CCN=C(Nc1ccc(OCC)c(OC)c1)NC1C2CCOC2C12CCC2. The molecular weight excluding hydrogens is 342 g/mol. The summed E-state index contributed by atoms with van der Waals surface area (Å²) >= 11 is 0. The van der Waals surface area contributed by atoms with Crippen molar-refractivity contribution >= 4 is 11.6 Å². The van der Waals surface area contributed by atoms with E-state index in [4.69, 9.17) is 14.2 Å². The molecule has 2 saturated carbocycles. The van der Waals surface area contributed by atoms with Gasteiger partial charge in [-0.1, -0.05) is 6.42 Å². The number of nitrogens with one attached hydrogen (secondary N) is 2. The first-order valence-electron chi connectivity index (χ1n) is 10.2. The van der Waals surface area contributed by atoms with Crippen molar-refractivity contribution in [1.82, 2.24) is 5.32 Å². The van der Waals surface area contributed by atoms with Crippen molar-refractivity contribution in [2.45, 2.75) is 51.7 Å². The van der Waals surface area contributed by atoms with E-state index in [2.05, 4.69) is 22.5 Å². The second-order valence-corrected chi connectivity index (χ2v) is 7.70. The van der Waals surface area contributed by atoms with Crippen LogP contribution in [0.25, 0.3) is 0 Å². The first kappa shape index (κ1) is 18.4. The number of ether oxygens (including phenoxy) is 3. The van der Waals surface area contributed by atoms with Crippen LogP contribution in [0.15, 0.2) is 23.2 Å². The van der Waals surface area contributed by atoms with Crippen LogP contribution in [0.4, 0.5) is 5.69 Å². The number of nitrogens with zero attached hydrogens (tertiary/aromatic N) is 1. The third-order valence-electron chi connectivity index (χ3n) is 6.37. The van der Waals surface area contributed by atoms with Crippen molar-refractivity contribution in [2.24, 2.45) is 16.3 Å². The van der Waals surface area contributed by atoms with Crippen LogP contribution in [0.2, 0.25) is 0 Å². The molecule has 0 amide bonds. The van der Waals surface area contributed by atoms with Gasteiger partial charge in [0.1, 0.15) is 0 Å². The Morgan fingerprint density at radius 1 is 1.30 bits per heavy atom. The van der Waals surface area contributed by atoms with Crippen LogP contribution in [-0.2, 0) is 4.74 Å². The average molecular weight is 373 g/mol. The zero-order valence-electron chi connectivity index (χ0n) is 16.6. The fourth-order valence-corrected chi connectivity index (χ4v) is 5.04. The highest BCUT2D eigenvalue weighted by Crippen LogP contribution is 2.62. The molecule has 6 nitrogen and oxygen atoms in total. The van der Waals surface area contributed by atoms with Gasteiger partial charge in [0, 0.05) is 42.3 Å². The lowest BCUT2D eigenvalue weighted by molar-refractivity contribution is -0.171. The van der Waals surface area contributed by atoms with E-state index >= 15 is 0 Å². The van der Waals surface area contributed by atoms with E-state index in [1.807, 2.05) is 25.1 Å². The molecule has 1 aliphatic heterocycles. The quantitative estimate of drug-likeness (QED) is 0.591. The van der Waals surface area contributed by atoms with E-state index in [1.54, 1.807) is 7.11 Å². The van der Waals surface area contributed by atoms with Crippen molar-refractivity contribution in [2.75, 3.05) is 32.2 Å². The Labute approximate surface area is 161 Å². The Kier molecular flexibility index (Phi) is 5.17. The zero-order chi connectivity index (χ0) is 18.9. The molecule has 4 rings (SSSR count). The summed E-state index contributed by atoms with van der Waals surface area (Å²) in [5.74, 6) is 2.93. The molecule has 27 heavy (non-hydrogen) atoms. The van der Waals surface area contributed by atoms with Gasteiger partial charge in [0.25, 0.3) is 0 Å². The van der Waals surface area contributed by atoms with Crippen LogP contribution in [0.1, 0.15) is 39.5 Å². The van der Waals surface area contributed by atoms with Gasteiger partial charge >= 0.3 is 0 Å². The van der Waals surface area contributed by atoms with Crippen LogP contribution in [0, 0.1) is 11.3 Å². The molecule has 6 heteroatoms. The van der Waals surface area contributed by atoms with Crippen molar-refractivity contribution in [3.05, 3.63) is 18.2 Å². The number of benzene rings is 1. The highest BCUT2D eigenvalue weighted by Gasteiger charge is 2.66. The van der Waals surface area contributed by atoms with Crippen LogP contribution >= 0.6 is 0 Å². The minimum Gasteiger partial charge on any atom is -0.493 e. The molecular formula is C21H31N3O3. The number of aliphatic imine (C=N–C) groups is 1. The maximum atomic E-state index is 6.04. The van der Waals surface area contributed by atoms with E-state index in [0.29, 0.717) is 30.1 Å². The van der Waals surface area contributed by atoms with Gasteiger partial charge < -0.3 is 24.8 Å². The van der Waals surface area contributed by atoms with Gasteiger partial charge in [0.2, 0.25) is 0 Å². The second-order valence-electron chi connectivity index (χ2n) is 7.70. The maximum absolute atomic E-state index is 6.04. The van der Waals surface area contributed by atoms with Gasteiger partial charge in [-0.25, -0.2) is 0 Å². The van der Waals surface area contributed by atoms with E-state index in [1.165, 1.54) is 19.3 Å². The number of fused-ring (bicyclic) bond motifs is 2. The highest BCUT2D eigenvalue weighted by molar-refractivity contribution is 5.94. The molecule has 0 bridgehead atoms. The number of rotatable bonds is 6. The number of hydrogen-bond donors (Lipinski definition) is 2. The summed E-state index contributed by atoms with van der Waals surface area (Å²) in [6.45, 7) is 6.27. The number of hydrogen-bond acceptors (Lipinski definition) is 4. The minimum absolute atomic E-state index is 0.327. The Morgan fingerprint density at radius 2 is 2.15 bits per heavy atom. The lowest BCUT2D eigenvalue weighted by Gasteiger charge is -2.63. The molecule has 2 N–H and O–H groups in total. The van der Waals surface area contributed by atoms with E-state index in [-0.39, 0.29) is 0 Å². The average Bonchev–Trinajstić information content (AvgIpc) is 3.05. The van der Waals surface area contributed by atoms with Crippen molar-refractivity contribution in [3.63, 3.8) is 0 Å². The molecule has 1 spiro atoms. The third-order valence-corrected chi connectivity index (χ3v) is 6.37. The fraction of sp³-hybridized carbons (Fsp3) is 0.667. The molecule has 3 fully saturated rings. The number of methoxy groups -OCH3 is 1. The first-order chi connectivity index (χ1) is 13.2. The summed E-state index contributed by atoms with van der Waals surface area (Å²) < 4.78 is 17.1.